The van der Waals surface area contributed by atoms with Gasteiger partial charge in [-0.25, -0.2) is 4.79 Å². The van der Waals surface area contributed by atoms with Crippen molar-refractivity contribution >= 4 is 23.3 Å². The molecule has 196 valence electrons. The molecule has 0 aliphatic heterocycles. The van der Waals surface area contributed by atoms with Gasteiger partial charge in [0.05, 0.1) is 22.7 Å². The Morgan fingerprint density at radius 3 is 2.08 bits per heavy atom. The van der Waals surface area contributed by atoms with Gasteiger partial charge in [-0.15, -0.1) is 0 Å². The highest BCUT2D eigenvalue weighted by Crippen LogP contribution is 2.32. The summed E-state index contributed by atoms with van der Waals surface area (Å²) in [5, 5.41) is 20.7. The molecule has 38 heavy (non-hydrogen) atoms. The largest absolute Gasteiger partial charge is 0.481 e. The maximum absolute atomic E-state index is 12.6. The van der Waals surface area contributed by atoms with Crippen LogP contribution in [0.15, 0.2) is 103 Å². The third kappa shape index (κ3) is 7.86. The maximum atomic E-state index is 12.6. The predicted octanol–water partition coefficient (Wildman–Crippen LogP) is 7.81. The summed E-state index contributed by atoms with van der Waals surface area (Å²) in [5.41, 5.74) is 0.337. The molecular formula is C29H24F3NO5. The number of benzene rings is 4. The quantitative estimate of drug-likeness (QED) is 0.229. The Balaban J connectivity index is 0.000000212. The number of nitrogens with one attached hydrogen (secondary N) is 1. The number of aliphatic carboxylic acids is 1. The number of halogens is 3. The van der Waals surface area contributed by atoms with Crippen molar-refractivity contribution in [1.82, 2.24) is 0 Å². The molecule has 0 heterocycles. The first kappa shape index (κ1) is 27.8. The van der Waals surface area contributed by atoms with Crippen LogP contribution in [-0.2, 0) is 11.0 Å². The lowest BCUT2D eigenvalue weighted by Gasteiger charge is -2.12. The summed E-state index contributed by atoms with van der Waals surface area (Å²) in [6.45, 7) is 1.66. The van der Waals surface area contributed by atoms with Crippen molar-refractivity contribution in [3.05, 3.63) is 120 Å². The molecule has 1 atom stereocenters. The van der Waals surface area contributed by atoms with Gasteiger partial charge in [0.15, 0.2) is 0 Å². The van der Waals surface area contributed by atoms with Crippen molar-refractivity contribution in [3.8, 4) is 11.5 Å². The Labute approximate surface area is 217 Å². The molecule has 4 aromatic rings. The molecule has 6 nitrogen and oxygen atoms in total. The van der Waals surface area contributed by atoms with Crippen LogP contribution in [-0.4, -0.2) is 22.2 Å². The lowest BCUT2D eigenvalue weighted by atomic mass is 10.0. The smallest absolute Gasteiger partial charge is 0.416 e. The monoisotopic (exact) mass is 523 g/mol. The first-order valence-electron chi connectivity index (χ1n) is 11.4. The molecule has 0 saturated carbocycles. The van der Waals surface area contributed by atoms with Crippen LogP contribution in [0.5, 0.6) is 11.5 Å². The third-order valence-electron chi connectivity index (χ3n) is 5.33. The minimum absolute atomic E-state index is 0.00934. The van der Waals surface area contributed by atoms with Crippen molar-refractivity contribution in [1.29, 1.82) is 0 Å². The number of aromatic carboxylic acids is 1. The predicted molar refractivity (Wildman–Crippen MR) is 137 cm³/mol. The number of para-hydroxylation sites is 2. The molecule has 4 aromatic carbocycles. The minimum Gasteiger partial charge on any atom is -0.481 e. The third-order valence-corrected chi connectivity index (χ3v) is 5.33. The first-order valence-corrected chi connectivity index (χ1v) is 11.4. The van der Waals surface area contributed by atoms with Crippen LogP contribution in [0.25, 0.3) is 0 Å². The molecule has 0 aliphatic rings. The number of carbonyl (C=O) groups is 2. The fourth-order valence-corrected chi connectivity index (χ4v) is 3.32. The highest BCUT2D eigenvalue weighted by molar-refractivity contribution is 5.95. The first-order chi connectivity index (χ1) is 18.0. The van der Waals surface area contributed by atoms with Gasteiger partial charge in [-0.05, 0) is 67.1 Å². The number of carboxylic acid groups (broad SMARTS) is 2. The summed E-state index contributed by atoms with van der Waals surface area (Å²) < 4.78 is 43.4. The minimum atomic E-state index is -4.44. The second kappa shape index (κ2) is 12.4. The number of rotatable bonds is 7. The van der Waals surface area contributed by atoms with E-state index < -0.39 is 29.6 Å². The average Bonchev–Trinajstić information content (AvgIpc) is 2.89. The van der Waals surface area contributed by atoms with E-state index in [0.717, 1.165) is 23.4 Å². The molecule has 0 amide bonds. The van der Waals surface area contributed by atoms with E-state index in [1.54, 1.807) is 37.3 Å². The summed E-state index contributed by atoms with van der Waals surface area (Å²) in [7, 11) is 0. The maximum Gasteiger partial charge on any atom is 0.416 e. The van der Waals surface area contributed by atoms with E-state index in [4.69, 9.17) is 14.9 Å². The molecule has 3 N–H and O–H groups in total. The van der Waals surface area contributed by atoms with Gasteiger partial charge in [0.1, 0.15) is 11.5 Å². The Kier molecular flexibility index (Phi) is 9.10. The molecule has 0 spiro atoms. The molecule has 0 saturated heterocycles. The number of anilines is 2. The molecule has 0 radical (unpaired) electrons. The molecular weight excluding hydrogens is 499 g/mol. The van der Waals surface area contributed by atoms with Gasteiger partial charge >= 0.3 is 18.1 Å². The van der Waals surface area contributed by atoms with Crippen LogP contribution in [0, 0.1) is 0 Å². The van der Waals surface area contributed by atoms with Gasteiger partial charge in [0, 0.05) is 5.69 Å². The van der Waals surface area contributed by atoms with Crippen LogP contribution in [0.4, 0.5) is 24.5 Å². The summed E-state index contributed by atoms with van der Waals surface area (Å²) in [6, 6.07) is 27.1. The van der Waals surface area contributed by atoms with Gasteiger partial charge < -0.3 is 20.3 Å². The van der Waals surface area contributed by atoms with Gasteiger partial charge in [0.2, 0.25) is 0 Å². The number of carboxylic acids is 2. The SMILES string of the molecule is CC(C(=O)O)c1cccc(Oc2ccccc2)c1.O=C(O)c1ccccc1Nc1cccc(C(F)(F)F)c1. The molecule has 0 bridgehead atoms. The summed E-state index contributed by atoms with van der Waals surface area (Å²) in [5.74, 6) is -1.15. The molecule has 1 unspecified atom stereocenters. The zero-order valence-electron chi connectivity index (χ0n) is 20.1. The van der Waals surface area contributed by atoms with Crippen LogP contribution in [0.2, 0.25) is 0 Å². The Hall–Kier alpha value is -4.79. The highest BCUT2D eigenvalue weighted by atomic mass is 19.4. The molecule has 9 heteroatoms. The van der Waals surface area contributed by atoms with E-state index in [1.807, 2.05) is 36.4 Å². The Bertz CT molecular complexity index is 1390. The van der Waals surface area contributed by atoms with Gasteiger partial charge in [-0.3, -0.25) is 4.79 Å². The van der Waals surface area contributed by atoms with Crippen molar-refractivity contribution in [3.63, 3.8) is 0 Å². The van der Waals surface area contributed by atoms with E-state index in [0.29, 0.717) is 5.75 Å². The molecule has 0 aliphatic carbocycles. The van der Waals surface area contributed by atoms with E-state index >= 15 is 0 Å². The number of hydrogen-bond acceptors (Lipinski definition) is 4. The Morgan fingerprint density at radius 2 is 1.42 bits per heavy atom. The van der Waals surface area contributed by atoms with E-state index in [-0.39, 0.29) is 16.9 Å². The lowest BCUT2D eigenvalue weighted by molar-refractivity contribution is -0.138. The number of ether oxygens (including phenoxy) is 1. The van der Waals surface area contributed by atoms with Crippen LogP contribution in [0.1, 0.15) is 34.3 Å². The summed E-state index contributed by atoms with van der Waals surface area (Å²) in [6.07, 6.45) is -4.44. The van der Waals surface area contributed by atoms with Crippen molar-refractivity contribution in [2.45, 2.75) is 19.0 Å². The highest BCUT2D eigenvalue weighted by Gasteiger charge is 2.30. The topological polar surface area (TPSA) is 95.9 Å². The van der Waals surface area contributed by atoms with Gasteiger partial charge in [-0.1, -0.05) is 48.5 Å². The van der Waals surface area contributed by atoms with Gasteiger partial charge in [-0.2, -0.15) is 13.2 Å². The van der Waals surface area contributed by atoms with Crippen molar-refractivity contribution in [2.75, 3.05) is 5.32 Å². The fourth-order valence-electron chi connectivity index (χ4n) is 3.32. The summed E-state index contributed by atoms with van der Waals surface area (Å²) >= 11 is 0. The lowest BCUT2D eigenvalue weighted by Crippen LogP contribution is -2.07. The van der Waals surface area contributed by atoms with Gasteiger partial charge in [0.25, 0.3) is 0 Å². The second-order valence-electron chi connectivity index (χ2n) is 8.10. The second-order valence-corrected chi connectivity index (χ2v) is 8.10. The molecule has 0 fully saturated rings. The number of hydrogen-bond donors (Lipinski definition) is 3. The fraction of sp³-hybridized carbons (Fsp3) is 0.103. The zero-order chi connectivity index (χ0) is 27.7. The van der Waals surface area contributed by atoms with Crippen molar-refractivity contribution < 1.29 is 37.7 Å². The Morgan fingerprint density at radius 1 is 0.789 bits per heavy atom. The van der Waals surface area contributed by atoms with Crippen LogP contribution >= 0.6 is 0 Å². The standard InChI is InChI=1S/C15H14O3.C14H10F3NO2/c1-11(15(16)17)12-6-5-9-14(10-12)18-13-7-3-2-4-8-13;15-14(16,17)9-4-3-5-10(8-9)18-12-7-2-1-6-11(12)13(19)20/h2-11H,1H3,(H,16,17);1-8,18H,(H,19,20). The van der Waals surface area contributed by atoms with E-state index in [9.17, 15) is 22.8 Å². The average molecular weight is 524 g/mol. The molecule has 4 rings (SSSR count). The normalized spacial score (nSPS) is 11.5. The number of alkyl halides is 3. The van der Waals surface area contributed by atoms with Crippen molar-refractivity contribution in [2.24, 2.45) is 0 Å². The van der Waals surface area contributed by atoms with E-state index in [2.05, 4.69) is 5.32 Å². The van der Waals surface area contributed by atoms with E-state index in [1.165, 1.54) is 24.3 Å². The van der Waals surface area contributed by atoms with Crippen LogP contribution < -0.4 is 10.1 Å². The summed E-state index contributed by atoms with van der Waals surface area (Å²) in [4.78, 5) is 21.9. The zero-order valence-corrected chi connectivity index (χ0v) is 20.1. The van der Waals surface area contributed by atoms with Crippen LogP contribution in [0.3, 0.4) is 0 Å². The molecule has 0 aromatic heterocycles.